The maximum absolute atomic E-state index is 9.06. The summed E-state index contributed by atoms with van der Waals surface area (Å²) >= 11 is 7.64. The van der Waals surface area contributed by atoms with Gasteiger partial charge in [0, 0.05) is 4.90 Å². The summed E-state index contributed by atoms with van der Waals surface area (Å²) in [7, 11) is 0. The van der Waals surface area contributed by atoms with Crippen LogP contribution in [0.5, 0.6) is 0 Å². The van der Waals surface area contributed by atoms with Crippen molar-refractivity contribution >= 4 is 23.4 Å². The molecule has 1 aromatic rings. The van der Waals surface area contributed by atoms with Crippen molar-refractivity contribution in [2.24, 2.45) is 0 Å². The molecule has 0 atom stereocenters. The van der Waals surface area contributed by atoms with Crippen LogP contribution in [0.1, 0.15) is 19.4 Å². The highest BCUT2D eigenvalue weighted by Crippen LogP contribution is 2.35. The average molecular weight is 226 g/mol. The molecule has 3 heteroatoms. The molecule has 0 spiro atoms. The highest BCUT2D eigenvalue weighted by Gasteiger charge is 2.23. The third kappa shape index (κ3) is 2.05. The summed E-state index contributed by atoms with van der Waals surface area (Å²) in [5.74, 6) is 0. The zero-order chi connectivity index (χ0) is 10.8. The summed E-state index contributed by atoms with van der Waals surface area (Å²) in [4.78, 5) is 1.00. The van der Waals surface area contributed by atoms with Crippen LogP contribution in [0.4, 0.5) is 0 Å². The minimum absolute atomic E-state index is 0.483. The molecule has 0 radical (unpaired) electrons. The first kappa shape index (κ1) is 11.4. The first-order valence-corrected chi connectivity index (χ1v) is 5.87. The quantitative estimate of drug-likeness (QED) is 0.714. The molecule has 0 N–H and O–H groups in total. The highest BCUT2D eigenvalue weighted by molar-refractivity contribution is 7.98. The van der Waals surface area contributed by atoms with E-state index in [9.17, 15) is 0 Å². The molecule has 0 bridgehead atoms. The lowest BCUT2D eigenvalue weighted by molar-refractivity contribution is 0.671. The second-order valence-electron chi connectivity index (χ2n) is 3.56. The normalized spacial score (nSPS) is 11.1. The molecule has 0 aliphatic carbocycles. The largest absolute Gasteiger partial charge is 0.197 e. The van der Waals surface area contributed by atoms with E-state index in [2.05, 4.69) is 6.07 Å². The molecule has 0 aliphatic heterocycles. The Balaban J connectivity index is 3.36. The predicted octanol–water partition coefficient (Wildman–Crippen LogP) is 3.86. The van der Waals surface area contributed by atoms with Gasteiger partial charge in [-0.05, 0) is 31.7 Å². The van der Waals surface area contributed by atoms with E-state index in [0.717, 1.165) is 15.5 Å². The van der Waals surface area contributed by atoms with Crippen LogP contribution in [0.2, 0.25) is 5.02 Å². The topological polar surface area (TPSA) is 23.8 Å². The standard InChI is InChI=1S/C11H12ClNS/c1-11(2,7-13)8-5-4-6-9(12)10(8)14-3/h4-6H,1-3H3. The van der Waals surface area contributed by atoms with E-state index >= 15 is 0 Å². The third-order valence-corrected chi connectivity index (χ3v) is 3.40. The Bertz CT molecular complexity index is 379. The number of rotatable bonds is 2. The van der Waals surface area contributed by atoms with E-state index in [0.29, 0.717) is 0 Å². The van der Waals surface area contributed by atoms with Crippen LogP contribution in [-0.2, 0) is 5.41 Å². The van der Waals surface area contributed by atoms with Gasteiger partial charge in [0.05, 0.1) is 16.5 Å². The number of hydrogen-bond donors (Lipinski definition) is 0. The van der Waals surface area contributed by atoms with Gasteiger partial charge < -0.3 is 0 Å². The van der Waals surface area contributed by atoms with Crippen LogP contribution in [-0.4, -0.2) is 6.26 Å². The summed E-state index contributed by atoms with van der Waals surface area (Å²) in [5.41, 5.74) is 0.517. The molecule has 1 aromatic carbocycles. The van der Waals surface area contributed by atoms with Gasteiger partial charge in [0.25, 0.3) is 0 Å². The Hall–Kier alpha value is -0.650. The van der Waals surface area contributed by atoms with Crippen molar-refractivity contribution < 1.29 is 0 Å². The number of nitrogens with zero attached hydrogens (tertiary/aromatic N) is 1. The fraction of sp³-hybridized carbons (Fsp3) is 0.364. The molecule has 0 aliphatic rings. The fourth-order valence-electron chi connectivity index (χ4n) is 1.27. The minimum atomic E-state index is -0.483. The van der Waals surface area contributed by atoms with Crippen molar-refractivity contribution in [3.63, 3.8) is 0 Å². The fourth-order valence-corrected chi connectivity index (χ4v) is 2.48. The van der Waals surface area contributed by atoms with Gasteiger partial charge >= 0.3 is 0 Å². The summed E-state index contributed by atoms with van der Waals surface area (Å²) in [6.07, 6.45) is 1.97. The van der Waals surface area contributed by atoms with E-state index in [1.165, 1.54) is 0 Å². The van der Waals surface area contributed by atoms with Gasteiger partial charge in [-0.25, -0.2) is 0 Å². The van der Waals surface area contributed by atoms with Gasteiger partial charge in [-0.2, -0.15) is 5.26 Å². The maximum Gasteiger partial charge on any atom is 0.0777 e. The van der Waals surface area contributed by atoms with E-state index in [4.69, 9.17) is 16.9 Å². The molecule has 1 nitrogen and oxygen atoms in total. The lowest BCUT2D eigenvalue weighted by Crippen LogP contribution is -2.15. The number of halogens is 1. The van der Waals surface area contributed by atoms with Crippen molar-refractivity contribution in [3.05, 3.63) is 28.8 Å². The SMILES string of the molecule is CSc1c(Cl)cccc1C(C)(C)C#N. The molecular formula is C11H12ClNS. The van der Waals surface area contributed by atoms with Gasteiger partial charge in [-0.3, -0.25) is 0 Å². The monoisotopic (exact) mass is 225 g/mol. The van der Waals surface area contributed by atoms with Crippen molar-refractivity contribution in [1.82, 2.24) is 0 Å². The zero-order valence-corrected chi connectivity index (χ0v) is 10.0. The molecular weight excluding hydrogens is 214 g/mol. The Labute approximate surface area is 94.1 Å². The van der Waals surface area contributed by atoms with Crippen LogP contribution in [0.15, 0.2) is 23.1 Å². The number of thioether (sulfide) groups is 1. The molecule has 0 heterocycles. The van der Waals surface area contributed by atoms with Crippen molar-refractivity contribution in [1.29, 1.82) is 5.26 Å². The second-order valence-corrected chi connectivity index (χ2v) is 4.78. The Morgan fingerprint density at radius 3 is 2.57 bits per heavy atom. The van der Waals surface area contributed by atoms with E-state index in [-0.39, 0.29) is 0 Å². The first-order chi connectivity index (χ1) is 6.53. The summed E-state index contributed by atoms with van der Waals surface area (Å²) in [6, 6.07) is 7.98. The Kier molecular flexibility index (Phi) is 3.47. The molecule has 1 rings (SSSR count). The second kappa shape index (κ2) is 4.25. The van der Waals surface area contributed by atoms with Crippen LogP contribution in [0, 0.1) is 11.3 Å². The van der Waals surface area contributed by atoms with Crippen LogP contribution < -0.4 is 0 Å². The van der Waals surface area contributed by atoms with Crippen molar-refractivity contribution in [2.75, 3.05) is 6.26 Å². The smallest absolute Gasteiger partial charge is 0.0777 e. The lowest BCUT2D eigenvalue weighted by Gasteiger charge is -2.19. The van der Waals surface area contributed by atoms with E-state index in [1.54, 1.807) is 11.8 Å². The summed E-state index contributed by atoms with van der Waals surface area (Å²) in [5, 5.41) is 9.78. The van der Waals surface area contributed by atoms with Crippen LogP contribution in [0.25, 0.3) is 0 Å². The number of nitriles is 1. The minimum Gasteiger partial charge on any atom is -0.197 e. The van der Waals surface area contributed by atoms with Gasteiger partial charge in [-0.15, -0.1) is 11.8 Å². The molecule has 0 aromatic heterocycles. The van der Waals surface area contributed by atoms with E-state index < -0.39 is 5.41 Å². The molecule has 0 saturated heterocycles. The van der Waals surface area contributed by atoms with Crippen LogP contribution in [0.3, 0.4) is 0 Å². The van der Waals surface area contributed by atoms with Gasteiger partial charge in [0.2, 0.25) is 0 Å². The van der Waals surface area contributed by atoms with Gasteiger partial charge in [0.15, 0.2) is 0 Å². The molecule has 0 unspecified atom stereocenters. The summed E-state index contributed by atoms with van der Waals surface area (Å²) < 4.78 is 0. The van der Waals surface area contributed by atoms with Gasteiger partial charge in [0.1, 0.15) is 0 Å². The molecule has 14 heavy (non-hydrogen) atoms. The molecule has 74 valence electrons. The predicted molar refractivity (Wildman–Crippen MR) is 61.9 cm³/mol. The Morgan fingerprint density at radius 1 is 1.43 bits per heavy atom. The van der Waals surface area contributed by atoms with Gasteiger partial charge in [-0.1, -0.05) is 23.7 Å². The highest BCUT2D eigenvalue weighted by atomic mass is 35.5. The maximum atomic E-state index is 9.06. The zero-order valence-electron chi connectivity index (χ0n) is 8.47. The van der Waals surface area contributed by atoms with Crippen molar-refractivity contribution in [3.8, 4) is 6.07 Å². The third-order valence-electron chi connectivity index (χ3n) is 2.12. The lowest BCUT2D eigenvalue weighted by atomic mass is 9.86. The van der Waals surface area contributed by atoms with E-state index in [1.807, 2.05) is 38.3 Å². The molecule has 0 amide bonds. The number of benzene rings is 1. The average Bonchev–Trinajstić information content (AvgIpc) is 2.17. The van der Waals surface area contributed by atoms with Crippen LogP contribution >= 0.6 is 23.4 Å². The van der Waals surface area contributed by atoms with Crippen molar-refractivity contribution in [2.45, 2.75) is 24.2 Å². The first-order valence-electron chi connectivity index (χ1n) is 4.27. The molecule has 0 fully saturated rings. The Morgan fingerprint density at radius 2 is 2.07 bits per heavy atom. The summed E-state index contributed by atoms with van der Waals surface area (Å²) in [6.45, 7) is 3.80. The molecule has 0 saturated carbocycles. The number of hydrogen-bond acceptors (Lipinski definition) is 2.